The van der Waals surface area contributed by atoms with Crippen molar-refractivity contribution in [2.45, 2.75) is 26.4 Å². The first kappa shape index (κ1) is 17.0. The molecule has 0 aliphatic rings. The number of nitrogens with zero attached hydrogens (tertiary/aromatic N) is 2. The van der Waals surface area contributed by atoms with Crippen LogP contribution in [0.15, 0.2) is 22.7 Å². The minimum absolute atomic E-state index is 0.0779. The minimum Gasteiger partial charge on any atom is -0.389 e. The maximum Gasteiger partial charge on any atom is 0.241 e. The van der Waals surface area contributed by atoms with Crippen LogP contribution >= 0.6 is 15.9 Å². The quantitative estimate of drug-likeness (QED) is 0.864. The zero-order valence-electron chi connectivity index (χ0n) is 12.6. The van der Waals surface area contributed by atoms with Gasteiger partial charge in [-0.1, -0.05) is 28.9 Å². The van der Waals surface area contributed by atoms with Crippen molar-refractivity contribution in [2.75, 3.05) is 32.1 Å². The van der Waals surface area contributed by atoms with Gasteiger partial charge in [-0.3, -0.25) is 4.79 Å². The summed E-state index contributed by atoms with van der Waals surface area (Å²) in [7, 11) is 3.53. The molecule has 1 aromatic carbocycles. The van der Waals surface area contributed by atoms with E-state index in [2.05, 4.69) is 27.8 Å². The summed E-state index contributed by atoms with van der Waals surface area (Å²) in [5.41, 5.74) is 1.84. The van der Waals surface area contributed by atoms with E-state index in [1.807, 2.05) is 18.2 Å². The molecule has 0 aromatic heterocycles. The Bertz CT molecular complexity index is 461. The smallest absolute Gasteiger partial charge is 0.241 e. The van der Waals surface area contributed by atoms with Crippen molar-refractivity contribution in [3.63, 3.8) is 0 Å². The first-order valence-electron chi connectivity index (χ1n) is 6.79. The lowest BCUT2D eigenvalue weighted by Gasteiger charge is -2.26. The van der Waals surface area contributed by atoms with Gasteiger partial charge >= 0.3 is 0 Å². The highest BCUT2D eigenvalue weighted by molar-refractivity contribution is 9.10. The van der Waals surface area contributed by atoms with Crippen molar-refractivity contribution in [3.05, 3.63) is 28.2 Å². The predicted molar refractivity (Wildman–Crippen MR) is 86.0 cm³/mol. The van der Waals surface area contributed by atoms with Crippen molar-refractivity contribution in [2.24, 2.45) is 0 Å². The Labute approximate surface area is 129 Å². The van der Waals surface area contributed by atoms with Gasteiger partial charge in [0.05, 0.1) is 12.6 Å². The number of halogens is 1. The van der Waals surface area contributed by atoms with E-state index in [0.717, 1.165) is 28.7 Å². The van der Waals surface area contributed by atoms with E-state index in [9.17, 15) is 9.90 Å². The number of anilines is 1. The normalized spacial score (nSPS) is 12.1. The second-order valence-corrected chi connectivity index (χ2v) is 5.95. The molecule has 20 heavy (non-hydrogen) atoms. The molecule has 0 unspecified atom stereocenters. The topological polar surface area (TPSA) is 43.8 Å². The molecule has 4 nitrogen and oxygen atoms in total. The molecular weight excluding hydrogens is 320 g/mol. The molecule has 0 aliphatic heterocycles. The van der Waals surface area contributed by atoms with Gasteiger partial charge in [-0.25, -0.2) is 0 Å². The Balaban J connectivity index is 2.97. The second kappa shape index (κ2) is 7.64. The Morgan fingerprint density at radius 1 is 1.40 bits per heavy atom. The van der Waals surface area contributed by atoms with E-state index < -0.39 is 6.10 Å². The zero-order valence-corrected chi connectivity index (χ0v) is 14.1. The van der Waals surface area contributed by atoms with Crippen LogP contribution in [0.1, 0.15) is 31.9 Å². The molecule has 0 saturated heterocycles. The van der Waals surface area contributed by atoms with E-state index in [1.165, 1.54) is 0 Å². The first-order valence-corrected chi connectivity index (χ1v) is 7.58. The lowest BCUT2D eigenvalue weighted by Crippen LogP contribution is -2.37. The third-order valence-corrected chi connectivity index (χ3v) is 3.80. The molecule has 1 N–H and O–H groups in total. The van der Waals surface area contributed by atoms with Crippen molar-refractivity contribution >= 4 is 27.5 Å². The Hall–Kier alpha value is -1.07. The van der Waals surface area contributed by atoms with E-state index in [4.69, 9.17) is 0 Å². The highest BCUT2D eigenvalue weighted by Gasteiger charge is 2.14. The number of aliphatic hydroxyl groups excluding tert-OH is 1. The number of carbonyl (C=O) groups is 1. The van der Waals surface area contributed by atoms with Crippen molar-refractivity contribution in [1.29, 1.82) is 0 Å². The lowest BCUT2D eigenvalue weighted by atomic mass is 10.1. The van der Waals surface area contributed by atoms with Gasteiger partial charge in [0.2, 0.25) is 5.91 Å². The summed E-state index contributed by atoms with van der Waals surface area (Å²) in [4.78, 5) is 15.5. The van der Waals surface area contributed by atoms with Crippen LogP contribution in [0.4, 0.5) is 5.69 Å². The molecule has 5 heteroatoms. The van der Waals surface area contributed by atoms with Gasteiger partial charge in [0.25, 0.3) is 0 Å². The SMILES string of the molecule is CCCN(CC(=O)N(C)C)c1ccc([C@H](C)O)c(Br)c1. The molecule has 1 amide bonds. The molecule has 0 aliphatic carbocycles. The summed E-state index contributed by atoms with van der Waals surface area (Å²) in [6.07, 6.45) is 0.456. The second-order valence-electron chi connectivity index (χ2n) is 5.09. The Morgan fingerprint density at radius 3 is 2.50 bits per heavy atom. The molecule has 1 atom stereocenters. The summed E-state index contributed by atoms with van der Waals surface area (Å²) in [5.74, 6) is 0.0779. The van der Waals surface area contributed by atoms with Gasteiger partial charge in [0.15, 0.2) is 0 Å². The number of likely N-dealkylation sites (N-methyl/N-ethyl adjacent to an activating group) is 1. The largest absolute Gasteiger partial charge is 0.389 e. The number of rotatable bonds is 6. The van der Waals surface area contributed by atoms with Gasteiger partial charge in [-0.2, -0.15) is 0 Å². The van der Waals surface area contributed by atoms with Crippen molar-refractivity contribution in [1.82, 2.24) is 4.90 Å². The maximum atomic E-state index is 11.9. The van der Waals surface area contributed by atoms with Gasteiger partial charge in [-0.05, 0) is 31.0 Å². The van der Waals surface area contributed by atoms with Gasteiger partial charge < -0.3 is 14.9 Å². The fourth-order valence-corrected chi connectivity index (χ4v) is 2.62. The Kier molecular flexibility index (Phi) is 6.49. The standard InChI is InChI=1S/C15H23BrN2O2/c1-5-8-18(10-15(20)17(3)4)12-6-7-13(11(2)19)14(16)9-12/h6-7,9,11,19H,5,8,10H2,1-4H3/t11-/m0/s1. The molecule has 0 radical (unpaired) electrons. The third kappa shape index (κ3) is 4.49. The van der Waals surface area contributed by atoms with Gasteiger partial charge in [0, 0.05) is 30.8 Å². The van der Waals surface area contributed by atoms with E-state index in [0.29, 0.717) is 6.54 Å². The lowest BCUT2D eigenvalue weighted by molar-refractivity contribution is -0.127. The molecule has 0 saturated carbocycles. The van der Waals surface area contributed by atoms with E-state index >= 15 is 0 Å². The monoisotopic (exact) mass is 342 g/mol. The van der Waals surface area contributed by atoms with Crippen LogP contribution in [0.3, 0.4) is 0 Å². The van der Waals surface area contributed by atoms with Gasteiger partial charge in [-0.15, -0.1) is 0 Å². The first-order chi connectivity index (χ1) is 9.36. The number of hydrogen-bond donors (Lipinski definition) is 1. The fraction of sp³-hybridized carbons (Fsp3) is 0.533. The average Bonchev–Trinajstić information content (AvgIpc) is 2.37. The highest BCUT2D eigenvalue weighted by atomic mass is 79.9. The number of aliphatic hydroxyl groups is 1. The molecule has 0 spiro atoms. The van der Waals surface area contributed by atoms with Crippen molar-refractivity contribution < 1.29 is 9.90 Å². The van der Waals surface area contributed by atoms with Crippen LogP contribution in [-0.4, -0.2) is 43.1 Å². The molecule has 0 fully saturated rings. The van der Waals surface area contributed by atoms with Crippen molar-refractivity contribution in [3.8, 4) is 0 Å². The summed E-state index contributed by atoms with van der Waals surface area (Å²) in [5, 5.41) is 9.65. The zero-order chi connectivity index (χ0) is 15.3. The molecule has 1 aromatic rings. The summed E-state index contributed by atoms with van der Waals surface area (Å²) >= 11 is 3.48. The van der Waals surface area contributed by atoms with E-state index in [-0.39, 0.29) is 5.91 Å². The van der Waals surface area contributed by atoms with Crippen LogP contribution in [0.2, 0.25) is 0 Å². The highest BCUT2D eigenvalue weighted by Crippen LogP contribution is 2.28. The average molecular weight is 343 g/mol. The summed E-state index contributed by atoms with van der Waals surface area (Å²) < 4.78 is 0.864. The summed E-state index contributed by atoms with van der Waals surface area (Å²) in [6.45, 7) is 5.01. The minimum atomic E-state index is -0.513. The number of hydrogen-bond acceptors (Lipinski definition) is 3. The molecule has 1 rings (SSSR count). The Morgan fingerprint density at radius 2 is 2.05 bits per heavy atom. The summed E-state index contributed by atoms with van der Waals surface area (Å²) in [6, 6.07) is 5.80. The van der Waals surface area contributed by atoms with Crippen LogP contribution in [0.5, 0.6) is 0 Å². The van der Waals surface area contributed by atoms with Crippen LogP contribution in [0, 0.1) is 0 Å². The molecule has 0 bridgehead atoms. The third-order valence-electron chi connectivity index (χ3n) is 3.12. The van der Waals surface area contributed by atoms with Crippen LogP contribution < -0.4 is 4.90 Å². The molecular formula is C15H23BrN2O2. The number of carbonyl (C=O) groups excluding carboxylic acids is 1. The molecule has 112 valence electrons. The van der Waals surface area contributed by atoms with E-state index in [1.54, 1.807) is 25.9 Å². The maximum absolute atomic E-state index is 11.9. The predicted octanol–water partition coefficient (Wildman–Crippen LogP) is 2.81. The van der Waals surface area contributed by atoms with Crippen LogP contribution in [-0.2, 0) is 4.79 Å². The van der Waals surface area contributed by atoms with Gasteiger partial charge in [0.1, 0.15) is 0 Å². The number of benzene rings is 1. The fourth-order valence-electron chi connectivity index (χ4n) is 1.93. The van der Waals surface area contributed by atoms with Crippen LogP contribution in [0.25, 0.3) is 0 Å². The number of amides is 1. The molecule has 0 heterocycles.